The van der Waals surface area contributed by atoms with E-state index in [1.807, 2.05) is 13.8 Å². The van der Waals surface area contributed by atoms with Crippen LogP contribution in [0, 0.1) is 17.3 Å². The highest BCUT2D eigenvalue weighted by Gasteiger charge is 2.61. The standard InChI is InChI=1S/C26H42N2O7SSi/c1-9-37(10-2,11-3)35-16(5)19-20-15(4)22(36-17-12-18(29)27-13-17)21(28(20)23(19)30)24(31)33-14-34-25(32)26(6,7)8/h15-17,19-20H,9-14H2,1-8H3,(H,27,29)/t15-,16-,17-,19-,20-/m1/s1. The molecule has 0 spiro atoms. The first-order valence-corrected chi connectivity index (χ1v) is 16.7. The number of nitrogens with zero attached hydrogens (tertiary/aromatic N) is 1. The first-order chi connectivity index (χ1) is 17.3. The number of esters is 2. The summed E-state index contributed by atoms with van der Waals surface area (Å²) in [4.78, 5) is 52.9. The highest BCUT2D eigenvalue weighted by Crippen LogP contribution is 2.52. The van der Waals surface area contributed by atoms with Crippen LogP contribution in [-0.4, -0.2) is 67.7 Å². The minimum atomic E-state index is -1.93. The van der Waals surface area contributed by atoms with Crippen LogP contribution in [-0.2, 0) is 33.1 Å². The van der Waals surface area contributed by atoms with Crippen molar-refractivity contribution in [1.82, 2.24) is 10.2 Å². The van der Waals surface area contributed by atoms with Gasteiger partial charge < -0.3 is 24.1 Å². The third-order valence-corrected chi connectivity index (χ3v) is 14.1. The lowest BCUT2D eigenvalue weighted by Crippen LogP contribution is -2.65. The van der Waals surface area contributed by atoms with Gasteiger partial charge in [-0.1, -0.05) is 27.7 Å². The zero-order chi connectivity index (χ0) is 27.7. The summed E-state index contributed by atoms with van der Waals surface area (Å²) in [6, 6.07) is 2.75. The van der Waals surface area contributed by atoms with Crippen LogP contribution in [0.1, 0.15) is 61.8 Å². The summed E-state index contributed by atoms with van der Waals surface area (Å²) in [5.74, 6) is -1.83. The third-order valence-electron chi connectivity index (χ3n) is 7.88. The molecule has 0 aromatic carbocycles. The van der Waals surface area contributed by atoms with Crippen molar-refractivity contribution in [2.75, 3.05) is 13.3 Å². The summed E-state index contributed by atoms with van der Waals surface area (Å²) in [7, 11) is -1.93. The second-order valence-corrected chi connectivity index (χ2v) is 17.3. The van der Waals surface area contributed by atoms with Crippen LogP contribution < -0.4 is 5.32 Å². The number of hydrogen-bond acceptors (Lipinski definition) is 8. The molecule has 0 saturated carbocycles. The monoisotopic (exact) mass is 554 g/mol. The van der Waals surface area contributed by atoms with Gasteiger partial charge in [-0.2, -0.15) is 0 Å². The van der Waals surface area contributed by atoms with Crippen molar-refractivity contribution in [3.63, 3.8) is 0 Å². The van der Waals surface area contributed by atoms with Gasteiger partial charge in [0, 0.05) is 29.0 Å². The molecule has 9 nitrogen and oxygen atoms in total. The number of rotatable bonds is 11. The van der Waals surface area contributed by atoms with Crippen LogP contribution >= 0.6 is 11.8 Å². The first kappa shape index (κ1) is 29.7. The molecule has 3 heterocycles. The van der Waals surface area contributed by atoms with E-state index in [0.717, 1.165) is 23.0 Å². The molecule has 0 aliphatic carbocycles. The molecular formula is C26H42N2O7SSi. The fourth-order valence-electron chi connectivity index (χ4n) is 5.39. The van der Waals surface area contributed by atoms with Gasteiger partial charge in [-0.25, -0.2) is 4.79 Å². The highest BCUT2D eigenvalue weighted by atomic mass is 32.2. The van der Waals surface area contributed by atoms with Gasteiger partial charge in [0.1, 0.15) is 5.70 Å². The van der Waals surface area contributed by atoms with Crippen molar-refractivity contribution in [3.05, 3.63) is 10.6 Å². The molecule has 0 radical (unpaired) electrons. The largest absolute Gasteiger partial charge is 0.427 e. The van der Waals surface area contributed by atoms with E-state index in [-0.39, 0.29) is 46.7 Å². The summed E-state index contributed by atoms with van der Waals surface area (Å²) in [5, 5.41) is 2.80. The average molecular weight is 555 g/mol. The van der Waals surface area contributed by atoms with E-state index in [9.17, 15) is 19.2 Å². The molecule has 0 aromatic heterocycles. The number of carbonyl (C=O) groups excluding carboxylic acids is 4. The molecule has 2 fully saturated rings. The number of carbonyl (C=O) groups is 4. The van der Waals surface area contributed by atoms with E-state index in [1.165, 1.54) is 11.8 Å². The molecule has 208 valence electrons. The summed E-state index contributed by atoms with van der Waals surface area (Å²) in [6.45, 7) is 15.6. The molecule has 0 aromatic rings. The predicted octanol–water partition coefficient (Wildman–Crippen LogP) is 3.80. The number of thioether (sulfide) groups is 1. The van der Waals surface area contributed by atoms with E-state index >= 15 is 0 Å². The van der Waals surface area contributed by atoms with Crippen LogP contribution in [0.2, 0.25) is 18.1 Å². The molecule has 0 unspecified atom stereocenters. The van der Waals surface area contributed by atoms with Gasteiger partial charge in [0.15, 0.2) is 8.32 Å². The fraction of sp³-hybridized carbons (Fsp3) is 0.769. The van der Waals surface area contributed by atoms with Gasteiger partial charge in [0.05, 0.1) is 23.5 Å². The molecule has 0 bridgehead atoms. The molecular weight excluding hydrogens is 512 g/mol. The minimum Gasteiger partial charge on any atom is -0.427 e. The molecule has 5 atom stereocenters. The van der Waals surface area contributed by atoms with E-state index in [4.69, 9.17) is 13.9 Å². The number of β-lactam (4-membered cyclic amide) rings is 1. The van der Waals surface area contributed by atoms with E-state index in [1.54, 1.807) is 25.7 Å². The molecule has 2 saturated heterocycles. The molecule has 3 aliphatic rings. The Hall–Kier alpha value is -1.85. The first-order valence-electron chi connectivity index (χ1n) is 13.3. The molecule has 1 N–H and O–H groups in total. The minimum absolute atomic E-state index is 0.0267. The zero-order valence-corrected chi connectivity index (χ0v) is 25.2. The zero-order valence-electron chi connectivity index (χ0n) is 23.3. The Morgan fingerprint density at radius 1 is 1.14 bits per heavy atom. The molecule has 3 rings (SSSR count). The topological polar surface area (TPSA) is 111 Å². The Balaban J connectivity index is 1.82. The van der Waals surface area contributed by atoms with Crippen molar-refractivity contribution in [2.45, 2.75) is 97.3 Å². The van der Waals surface area contributed by atoms with Crippen LogP contribution in [0.3, 0.4) is 0 Å². The maximum absolute atomic E-state index is 13.5. The van der Waals surface area contributed by atoms with Crippen molar-refractivity contribution in [1.29, 1.82) is 0 Å². The third kappa shape index (κ3) is 5.93. The Kier molecular flexibility index (Phi) is 9.22. The lowest BCUT2D eigenvalue weighted by atomic mass is 9.79. The van der Waals surface area contributed by atoms with E-state index < -0.39 is 32.5 Å². The Morgan fingerprint density at radius 2 is 1.76 bits per heavy atom. The van der Waals surface area contributed by atoms with Crippen molar-refractivity contribution >= 4 is 43.8 Å². The molecule has 3 aliphatic heterocycles. The SMILES string of the molecule is CC[Si](CC)(CC)O[C@H](C)[C@H]1C(=O)N2C(C(=O)OCOC(=O)C(C)(C)C)=C(S[C@H]3CNC(=O)C3)[C@H](C)[C@H]12. The Labute approximate surface area is 225 Å². The second-order valence-electron chi connectivity index (χ2n) is 11.3. The van der Waals surface area contributed by atoms with Crippen molar-refractivity contribution < 1.29 is 33.1 Å². The van der Waals surface area contributed by atoms with Gasteiger partial charge in [-0.3, -0.25) is 14.4 Å². The average Bonchev–Trinajstić information content (AvgIpc) is 3.35. The summed E-state index contributed by atoms with van der Waals surface area (Å²) in [6.07, 6.45) is 0.0952. The lowest BCUT2D eigenvalue weighted by Gasteiger charge is -2.49. The summed E-state index contributed by atoms with van der Waals surface area (Å²) in [5.41, 5.74) is -0.529. The van der Waals surface area contributed by atoms with Crippen molar-refractivity contribution in [3.8, 4) is 0 Å². The Bertz CT molecular complexity index is 951. The van der Waals surface area contributed by atoms with Gasteiger partial charge in [-0.05, 0) is 45.8 Å². The number of fused-ring (bicyclic) bond motifs is 1. The van der Waals surface area contributed by atoms with E-state index in [2.05, 4.69) is 26.1 Å². The molecule has 2 amide bonds. The highest BCUT2D eigenvalue weighted by molar-refractivity contribution is 8.03. The van der Waals surface area contributed by atoms with Crippen LogP contribution in [0.5, 0.6) is 0 Å². The van der Waals surface area contributed by atoms with Gasteiger partial charge >= 0.3 is 11.9 Å². The second kappa shape index (κ2) is 11.5. The number of hydrogen-bond donors (Lipinski definition) is 1. The summed E-state index contributed by atoms with van der Waals surface area (Å²) >= 11 is 1.46. The normalized spacial score (nSPS) is 26.5. The maximum Gasteiger partial charge on any atom is 0.358 e. The number of amides is 2. The smallest absolute Gasteiger partial charge is 0.358 e. The molecule has 37 heavy (non-hydrogen) atoms. The Morgan fingerprint density at radius 3 is 2.27 bits per heavy atom. The number of ether oxygens (including phenoxy) is 2. The van der Waals surface area contributed by atoms with Crippen LogP contribution in [0.15, 0.2) is 10.6 Å². The number of nitrogens with one attached hydrogen (secondary N) is 1. The van der Waals surface area contributed by atoms with Crippen LogP contribution in [0.4, 0.5) is 0 Å². The fourth-order valence-corrected chi connectivity index (χ4v) is 9.73. The quantitative estimate of drug-likeness (QED) is 0.178. The van der Waals surface area contributed by atoms with Crippen LogP contribution in [0.25, 0.3) is 0 Å². The molecule has 11 heteroatoms. The predicted molar refractivity (Wildman–Crippen MR) is 144 cm³/mol. The van der Waals surface area contributed by atoms with Gasteiger partial charge in [0.25, 0.3) is 0 Å². The van der Waals surface area contributed by atoms with Gasteiger partial charge in [-0.15, -0.1) is 11.8 Å². The van der Waals surface area contributed by atoms with Crippen molar-refractivity contribution in [2.24, 2.45) is 17.3 Å². The maximum atomic E-state index is 13.5. The van der Waals surface area contributed by atoms with E-state index in [0.29, 0.717) is 13.0 Å². The lowest BCUT2D eigenvalue weighted by molar-refractivity contribution is -0.175. The summed E-state index contributed by atoms with van der Waals surface area (Å²) < 4.78 is 17.1. The van der Waals surface area contributed by atoms with Gasteiger partial charge in [0.2, 0.25) is 18.6 Å².